The van der Waals surface area contributed by atoms with E-state index in [1.807, 2.05) is 12.1 Å². The number of hydrogen-bond acceptors (Lipinski definition) is 1. The molecule has 0 fully saturated rings. The quantitative estimate of drug-likeness (QED) is 0.769. The first-order chi connectivity index (χ1) is 10.1. The molecule has 1 atom stereocenters. The zero-order valence-corrected chi connectivity index (χ0v) is 13.9. The van der Waals surface area contributed by atoms with Gasteiger partial charge in [0.2, 0.25) is 0 Å². The van der Waals surface area contributed by atoms with E-state index >= 15 is 0 Å². The average molecular weight is 302 g/mol. The summed E-state index contributed by atoms with van der Waals surface area (Å²) in [5.74, 6) is 0. The molecule has 0 heterocycles. The molecule has 0 aromatic heterocycles. The van der Waals surface area contributed by atoms with Gasteiger partial charge in [-0.2, -0.15) is 0 Å². The molecule has 0 aliphatic carbocycles. The summed E-state index contributed by atoms with van der Waals surface area (Å²) >= 11 is 6.01. The Balaban J connectivity index is 2.26. The third-order valence-electron chi connectivity index (χ3n) is 3.97. The maximum Gasteiger partial charge on any atom is 0.0406 e. The molecule has 0 aliphatic heterocycles. The highest BCUT2D eigenvalue weighted by Gasteiger charge is 2.14. The monoisotopic (exact) mass is 301 g/mol. The highest BCUT2D eigenvalue weighted by molar-refractivity contribution is 6.30. The second-order valence-electron chi connectivity index (χ2n) is 5.63. The molecule has 1 N–H and O–H groups in total. The highest BCUT2D eigenvalue weighted by atomic mass is 35.5. The van der Waals surface area contributed by atoms with Crippen LogP contribution in [0.1, 0.15) is 41.6 Å². The van der Waals surface area contributed by atoms with Crippen molar-refractivity contribution in [3.05, 3.63) is 69.7 Å². The van der Waals surface area contributed by atoms with Gasteiger partial charge in [0.25, 0.3) is 0 Å². The van der Waals surface area contributed by atoms with Crippen LogP contribution in [0.3, 0.4) is 0 Å². The van der Waals surface area contributed by atoms with Crippen LogP contribution in [-0.2, 0) is 6.42 Å². The van der Waals surface area contributed by atoms with Crippen molar-refractivity contribution < 1.29 is 0 Å². The maximum atomic E-state index is 6.01. The Hall–Kier alpha value is -1.31. The van der Waals surface area contributed by atoms with Gasteiger partial charge in [0.15, 0.2) is 0 Å². The first-order valence-corrected chi connectivity index (χ1v) is 8.03. The standard InChI is InChI=1S/C19H24ClN/c1-4-12-21-19(16-8-10-17(20)11-9-16)13-18-14(2)6-5-7-15(18)3/h5-11,19,21H,4,12-13H2,1-3H3. The molecule has 2 heteroatoms. The first-order valence-electron chi connectivity index (χ1n) is 7.65. The molecule has 2 rings (SSSR count). The summed E-state index contributed by atoms with van der Waals surface area (Å²) in [5, 5.41) is 4.46. The van der Waals surface area contributed by atoms with Gasteiger partial charge in [-0.15, -0.1) is 0 Å². The summed E-state index contributed by atoms with van der Waals surface area (Å²) in [7, 11) is 0. The molecule has 0 aliphatic rings. The van der Waals surface area contributed by atoms with Gasteiger partial charge in [-0.25, -0.2) is 0 Å². The number of benzene rings is 2. The summed E-state index contributed by atoms with van der Waals surface area (Å²) < 4.78 is 0. The minimum Gasteiger partial charge on any atom is -0.310 e. The molecule has 21 heavy (non-hydrogen) atoms. The molecule has 0 bridgehead atoms. The topological polar surface area (TPSA) is 12.0 Å². The van der Waals surface area contributed by atoms with Crippen molar-refractivity contribution in [1.82, 2.24) is 5.32 Å². The normalized spacial score (nSPS) is 12.4. The number of halogens is 1. The second-order valence-corrected chi connectivity index (χ2v) is 6.07. The van der Waals surface area contributed by atoms with E-state index in [9.17, 15) is 0 Å². The van der Waals surface area contributed by atoms with Gasteiger partial charge in [0.05, 0.1) is 0 Å². The Morgan fingerprint density at radius 1 is 1.00 bits per heavy atom. The number of aryl methyl sites for hydroxylation is 2. The second kappa shape index (κ2) is 7.63. The SMILES string of the molecule is CCCNC(Cc1c(C)cccc1C)c1ccc(Cl)cc1. The fourth-order valence-electron chi connectivity index (χ4n) is 2.70. The van der Waals surface area contributed by atoms with Crippen LogP contribution >= 0.6 is 11.6 Å². The van der Waals surface area contributed by atoms with Gasteiger partial charge in [0, 0.05) is 11.1 Å². The van der Waals surface area contributed by atoms with Crippen LogP contribution in [0.15, 0.2) is 42.5 Å². The molecular weight excluding hydrogens is 278 g/mol. The van der Waals surface area contributed by atoms with Crippen LogP contribution in [0.2, 0.25) is 5.02 Å². The lowest BCUT2D eigenvalue weighted by molar-refractivity contribution is 0.527. The van der Waals surface area contributed by atoms with E-state index in [-0.39, 0.29) is 0 Å². The molecule has 0 spiro atoms. The van der Waals surface area contributed by atoms with Crippen molar-refractivity contribution in [2.45, 2.75) is 39.7 Å². The van der Waals surface area contributed by atoms with Gasteiger partial charge in [-0.3, -0.25) is 0 Å². The van der Waals surface area contributed by atoms with Crippen molar-refractivity contribution in [2.24, 2.45) is 0 Å². The molecule has 1 unspecified atom stereocenters. The lowest BCUT2D eigenvalue weighted by Gasteiger charge is -2.21. The summed E-state index contributed by atoms with van der Waals surface area (Å²) in [6.45, 7) is 7.62. The van der Waals surface area contributed by atoms with Crippen molar-refractivity contribution in [3.63, 3.8) is 0 Å². The largest absolute Gasteiger partial charge is 0.310 e. The Morgan fingerprint density at radius 2 is 1.62 bits per heavy atom. The number of hydrogen-bond donors (Lipinski definition) is 1. The molecular formula is C19H24ClN. The summed E-state index contributed by atoms with van der Waals surface area (Å²) in [6.07, 6.45) is 2.15. The summed E-state index contributed by atoms with van der Waals surface area (Å²) in [5.41, 5.74) is 5.48. The molecule has 0 saturated heterocycles. The lowest BCUT2D eigenvalue weighted by atomic mass is 9.93. The third kappa shape index (κ3) is 4.33. The summed E-state index contributed by atoms with van der Waals surface area (Å²) in [4.78, 5) is 0. The van der Waals surface area contributed by atoms with Crippen LogP contribution in [0.25, 0.3) is 0 Å². The fraction of sp³-hybridized carbons (Fsp3) is 0.368. The minimum absolute atomic E-state index is 0.335. The van der Waals surface area contributed by atoms with E-state index < -0.39 is 0 Å². The number of rotatable bonds is 6. The third-order valence-corrected chi connectivity index (χ3v) is 4.22. The fourth-order valence-corrected chi connectivity index (χ4v) is 2.82. The van der Waals surface area contributed by atoms with Crippen LogP contribution in [0.4, 0.5) is 0 Å². The smallest absolute Gasteiger partial charge is 0.0406 e. The molecule has 2 aromatic carbocycles. The van der Waals surface area contributed by atoms with Crippen LogP contribution in [0, 0.1) is 13.8 Å². The van der Waals surface area contributed by atoms with E-state index in [1.165, 1.54) is 22.3 Å². The lowest BCUT2D eigenvalue weighted by Crippen LogP contribution is -2.24. The van der Waals surface area contributed by atoms with Crippen molar-refractivity contribution in [2.75, 3.05) is 6.54 Å². The Kier molecular flexibility index (Phi) is 5.84. The van der Waals surface area contributed by atoms with E-state index in [0.717, 1.165) is 24.4 Å². The molecule has 2 aromatic rings. The van der Waals surface area contributed by atoms with Gasteiger partial charge >= 0.3 is 0 Å². The molecule has 1 nitrogen and oxygen atoms in total. The average Bonchev–Trinajstić information content (AvgIpc) is 2.47. The highest BCUT2D eigenvalue weighted by Crippen LogP contribution is 2.24. The zero-order chi connectivity index (χ0) is 15.2. The van der Waals surface area contributed by atoms with Gasteiger partial charge < -0.3 is 5.32 Å². The predicted octanol–water partition coefficient (Wildman–Crippen LogP) is 5.24. The van der Waals surface area contributed by atoms with E-state index in [2.05, 4.69) is 56.4 Å². The zero-order valence-electron chi connectivity index (χ0n) is 13.1. The Morgan fingerprint density at radius 3 is 2.19 bits per heavy atom. The van der Waals surface area contributed by atoms with Gasteiger partial charge in [-0.1, -0.05) is 48.9 Å². The maximum absolute atomic E-state index is 6.01. The number of nitrogens with one attached hydrogen (secondary N) is 1. The molecule has 112 valence electrons. The van der Waals surface area contributed by atoms with Crippen LogP contribution in [0.5, 0.6) is 0 Å². The Labute approximate surface area is 133 Å². The first kappa shape index (κ1) is 16.1. The summed E-state index contributed by atoms with van der Waals surface area (Å²) in [6, 6.07) is 15.1. The molecule has 0 saturated carbocycles. The minimum atomic E-state index is 0.335. The predicted molar refractivity (Wildman–Crippen MR) is 92.1 cm³/mol. The van der Waals surface area contributed by atoms with Gasteiger partial charge in [0.1, 0.15) is 0 Å². The van der Waals surface area contributed by atoms with Crippen LogP contribution in [-0.4, -0.2) is 6.54 Å². The van der Waals surface area contributed by atoms with Crippen molar-refractivity contribution in [1.29, 1.82) is 0 Å². The van der Waals surface area contributed by atoms with Crippen LogP contribution < -0.4 is 5.32 Å². The Bertz CT molecular complexity index is 554. The van der Waals surface area contributed by atoms with E-state index in [1.54, 1.807) is 0 Å². The van der Waals surface area contributed by atoms with Gasteiger partial charge in [-0.05, 0) is 67.6 Å². The molecule has 0 amide bonds. The van der Waals surface area contributed by atoms with E-state index in [0.29, 0.717) is 6.04 Å². The van der Waals surface area contributed by atoms with Crippen molar-refractivity contribution in [3.8, 4) is 0 Å². The van der Waals surface area contributed by atoms with Crippen molar-refractivity contribution >= 4 is 11.6 Å². The van der Waals surface area contributed by atoms with E-state index in [4.69, 9.17) is 11.6 Å². The molecule has 0 radical (unpaired) electrons.